The quantitative estimate of drug-likeness (QED) is 0.390. The van der Waals surface area contributed by atoms with Crippen molar-refractivity contribution in [3.05, 3.63) is 0 Å². The van der Waals surface area contributed by atoms with Crippen molar-refractivity contribution < 1.29 is 4.74 Å². The zero-order valence-corrected chi connectivity index (χ0v) is 27.1. The molecule has 6 rings (SSSR count). The molecule has 0 bridgehead atoms. The molecule has 1 unspecified atom stereocenters. The number of nitrogens with two attached hydrogens (primary N) is 1. The predicted octanol–water partition coefficient (Wildman–Crippen LogP) is 2.37. The molecule has 4 fully saturated rings. The maximum Gasteiger partial charge on any atom is 0.204 e. The Labute approximate surface area is 256 Å². The summed E-state index contributed by atoms with van der Waals surface area (Å²) in [6.07, 6.45) is 3.80. The Morgan fingerprint density at radius 1 is 0.857 bits per heavy atom. The Morgan fingerprint density at radius 2 is 1.52 bits per heavy atom. The number of nitrogens with zero attached hydrogens (tertiary/aromatic N) is 7. The van der Waals surface area contributed by atoms with E-state index < -0.39 is 5.85 Å². The Balaban J connectivity index is 1.62. The summed E-state index contributed by atoms with van der Waals surface area (Å²) in [4.78, 5) is 24.2. The molecular formula is C30H52N10OS. The molecule has 2 aromatic rings. The Hall–Kier alpha value is -2.12. The maximum atomic E-state index is 6.72. The van der Waals surface area contributed by atoms with Crippen LogP contribution in [0.25, 0.3) is 11.0 Å². The maximum absolute atomic E-state index is 6.72. The van der Waals surface area contributed by atoms with Gasteiger partial charge in [0.2, 0.25) is 5.95 Å². The van der Waals surface area contributed by atoms with Crippen LogP contribution in [0.15, 0.2) is 0 Å². The summed E-state index contributed by atoms with van der Waals surface area (Å²) < 4.78 is 6.05. The number of benzene rings is 1. The largest absolute Gasteiger partial charge is 0.369 e. The highest BCUT2D eigenvalue weighted by Gasteiger charge is 2.38. The van der Waals surface area contributed by atoms with Crippen molar-refractivity contribution in [2.75, 3.05) is 135 Å². The Morgan fingerprint density at radius 3 is 2.19 bits per heavy atom. The molecule has 0 spiro atoms. The second-order valence-electron chi connectivity index (χ2n) is 12.2. The van der Waals surface area contributed by atoms with Crippen LogP contribution < -0.4 is 35.6 Å². The van der Waals surface area contributed by atoms with Gasteiger partial charge in [-0.2, -0.15) is 11.8 Å². The van der Waals surface area contributed by atoms with Gasteiger partial charge >= 0.3 is 0 Å². The van der Waals surface area contributed by atoms with Crippen LogP contribution in [-0.4, -0.2) is 131 Å². The number of aromatic amines is 1. The number of piperidine rings is 1. The van der Waals surface area contributed by atoms with Crippen LogP contribution in [0.4, 0.5) is 28.7 Å². The summed E-state index contributed by atoms with van der Waals surface area (Å²) in [6, 6.07) is 0. The summed E-state index contributed by atoms with van der Waals surface area (Å²) in [5.74, 6) is 2.36. The van der Waals surface area contributed by atoms with E-state index in [0.29, 0.717) is 13.2 Å². The lowest BCUT2D eigenvalue weighted by atomic mass is 10.0. The van der Waals surface area contributed by atoms with Crippen molar-refractivity contribution in [2.45, 2.75) is 39.0 Å². The summed E-state index contributed by atoms with van der Waals surface area (Å²) in [6.45, 7) is 16.7. The van der Waals surface area contributed by atoms with E-state index in [4.69, 9.17) is 15.5 Å². The number of imidazole rings is 1. The van der Waals surface area contributed by atoms with Crippen LogP contribution in [0.5, 0.6) is 0 Å². The minimum absolute atomic E-state index is 0.555. The number of hydrogen-bond acceptors (Lipinski definition) is 11. The molecule has 11 nitrogen and oxygen atoms in total. The Kier molecular flexibility index (Phi) is 9.16. The van der Waals surface area contributed by atoms with E-state index in [-0.39, 0.29) is 0 Å². The number of hydrogen-bond donors (Lipinski definition) is 3. The van der Waals surface area contributed by atoms with Gasteiger partial charge in [0.15, 0.2) is 5.85 Å². The highest BCUT2D eigenvalue weighted by atomic mass is 32.2. The lowest BCUT2D eigenvalue weighted by Gasteiger charge is -2.43. The number of anilines is 5. The minimum Gasteiger partial charge on any atom is -0.369 e. The third kappa shape index (κ3) is 5.60. The first-order chi connectivity index (χ1) is 20.4. The van der Waals surface area contributed by atoms with E-state index in [1.807, 2.05) is 19.0 Å². The van der Waals surface area contributed by atoms with Crippen LogP contribution >= 0.6 is 11.8 Å². The van der Waals surface area contributed by atoms with Crippen LogP contribution in [0, 0.1) is 0 Å². The number of piperazine rings is 1. The van der Waals surface area contributed by atoms with Gasteiger partial charge in [0.05, 0.1) is 41.4 Å². The number of morpholine rings is 1. The van der Waals surface area contributed by atoms with Crippen molar-refractivity contribution in [1.82, 2.24) is 20.2 Å². The average molecular weight is 601 g/mol. The molecule has 4 aliphatic rings. The number of thioether (sulfide) groups is 1. The molecule has 4 aliphatic heterocycles. The highest BCUT2D eigenvalue weighted by Crippen LogP contribution is 2.52. The molecule has 0 saturated carbocycles. The molecule has 0 amide bonds. The van der Waals surface area contributed by atoms with E-state index in [1.165, 1.54) is 47.5 Å². The number of H-pyrrole nitrogens is 1. The van der Waals surface area contributed by atoms with E-state index >= 15 is 0 Å². The van der Waals surface area contributed by atoms with E-state index in [1.54, 1.807) is 0 Å². The number of nitrogens with one attached hydrogen (secondary N) is 2. The molecule has 1 aromatic heterocycles. The van der Waals surface area contributed by atoms with Crippen molar-refractivity contribution in [2.24, 2.45) is 5.73 Å². The van der Waals surface area contributed by atoms with E-state index in [2.05, 4.69) is 60.4 Å². The molecule has 5 heterocycles. The molecule has 12 heteroatoms. The van der Waals surface area contributed by atoms with Gasteiger partial charge in [0, 0.05) is 83.5 Å². The van der Waals surface area contributed by atoms with Gasteiger partial charge in [-0.1, -0.05) is 0 Å². The first-order valence-electron chi connectivity index (χ1n) is 16.2. The van der Waals surface area contributed by atoms with E-state index in [0.717, 1.165) is 95.0 Å². The molecule has 4 N–H and O–H groups in total. The fraction of sp³-hybridized carbons (Fsp3) is 0.767. The molecule has 0 radical (unpaired) electrons. The van der Waals surface area contributed by atoms with Crippen molar-refractivity contribution >= 4 is 51.5 Å². The second-order valence-corrected chi connectivity index (χ2v) is 13.5. The Bertz CT molecular complexity index is 1200. The molecule has 0 aliphatic carbocycles. The summed E-state index contributed by atoms with van der Waals surface area (Å²) >= 11 is 2.07. The molecule has 1 atom stereocenters. The van der Waals surface area contributed by atoms with Gasteiger partial charge in [-0.15, -0.1) is 0 Å². The number of ether oxygens (including phenoxy) is 1. The van der Waals surface area contributed by atoms with Crippen LogP contribution in [0.1, 0.15) is 33.1 Å². The smallest absolute Gasteiger partial charge is 0.204 e. The van der Waals surface area contributed by atoms with Gasteiger partial charge in [0.25, 0.3) is 0 Å². The fourth-order valence-corrected chi connectivity index (χ4v) is 7.93. The van der Waals surface area contributed by atoms with Gasteiger partial charge in [-0.25, -0.2) is 4.98 Å². The third-order valence-electron chi connectivity index (χ3n) is 9.52. The molecule has 4 saturated heterocycles. The van der Waals surface area contributed by atoms with Crippen LogP contribution in [0.2, 0.25) is 0 Å². The van der Waals surface area contributed by atoms with Crippen molar-refractivity contribution in [1.29, 1.82) is 0 Å². The summed E-state index contributed by atoms with van der Waals surface area (Å²) in [5, 5.41) is 3.61. The van der Waals surface area contributed by atoms with Gasteiger partial charge in [-0.3, -0.25) is 10.6 Å². The SMILES string of the molecule is CCN(CC)c1c(N2CCCCC2)c(N2CCNCC2)c(N2CCSCC2)c2[nH]c(N3CCOC(N)(N(C)C)C3)nc12. The number of rotatable bonds is 8. The van der Waals surface area contributed by atoms with Crippen molar-refractivity contribution in [3.8, 4) is 0 Å². The second kappa shape index (κ2) is 12.9. The van der Waals surface area contributed by atoms with Gasteiger partial charge in [0.1, 0.15) is 5.52 Å². The lowest BCUT2D eigenvalue weighted by Crippen LogP contribution is -2.65. The molecule has 42 heavy (non-hydrogen) atoms. The first-order valence-corrected chi connectivity index (χ1v) is 17.3. The molecular weight excluding hydrogens is 548 g/mol. The predicted molar refractivity (Wildman–Crippen MR) is 179 cm³/mol. The number of aromatic nitrogens is 2. The zero-order valence-electron chi connectivity index (χ0n) is 26.3. The number of fused-ring (bicyclic) bond motifs is 1. The summed E-state index contributed by atoms with van der Waals surface area (Å²) in [7, 11) is 3.97. The lowest BCUT2D eigenvalue weighted by molar-refractivity contribution is -0.140. The fourth-order valence-electron chi connectivity index (χ4n) is 7.03. The normalized spacial score (nSPS) is 24.2. The third-order valence-corrected chi connectivity index (χ3v) is 10.5. The topological polar surface area (TPSA) is 95.4 Å². The van der Waals surface area contributed by atoms with Crippen molar-refractivity contribution in [3.63, 3.8) is 0 Å². The van der Waals surface area contributed by atoms with E-state index in [9.17, 15) is 0 Å². The zero-order chi connectivity index (χ0) is 29.3. The van der Waals surface area contributed by atoms with Gasteiger partial charge in [-0.05, 0) is 47.2 Å². The summed E-state index contributed by atoms with van der Waals surface area (Å²) in [5.41, 5.74) is 14.5. The number of likely N-dealkylation sites (N-methyl/N-ethyl adjacent to an activating group) is 1. The van der Waals surface area contributed by atoms with Crippen LogP contribution in [0.3, 0.4) is 0 Å². The average Bonchev–Trinajstić information content (AvgIpc) is 3.47. The molecule has 234 valence electrons. The van der Waals surface area contributed by atoms with Crippen LogP contribution in [-0.2, 0) is 4.74 Å². The van der Waals surface area contributed by atoms with Gasteiger partial charge < -0.3 is 39.5 Å². The first kappa shape index (κ1) is 29.9. The highest BCUT2D eigenvalue weighted by molar-refractivity contribution is 7.99. The molecule has 1 aromatic carbocycles. The minimum atomic E-state index is -0.850. The standard InChI is InChI=1S/C30H52N10OS/c1-5-36(6-2)25-23-24(34-29(33-23)40-16-19-41-30(31,22-40)35(3)4)26(39-17-20-42-21-18-39)28(38-14-10-32-11-15-38)27(25)37-12-8-7-9-13-37/h32H,5-22,31H2,1-4H3,(H,33,34). The monoisotopic (exact) mass is 600 g/mol.